The van der Waals surface area contributed by atoms with Gasteiger partial charge in [-0.2, -0.15) is 9.78 Å². The Labute approximate surface area is 198 Å². The molecule has 1 saturated heterocycles. The molecule has 9 nitrogen and oxygen atoms in total. The van der Waals surface area contributed by atoms with Crippen LogP contribution in [-0.2, 0) is 13.6 Å². The number of nitrogens with one attached hydrogen (secondary N) is 1. The van der Waals surface area contributed by atoms with Crippen LogP contribution in [0.5, 0.6) is 0 Å². The molecule has 0 radical (unpaired) electrons. The average molecular weight is 463 g/mol. The molecule has 0 unspecified atom stereocenters. The van der Waals surface area contributed by atoms with E-state index in [2.05, 4.69) is 27.1 Å². The van der Waals surface area contributed by atoms with Gasteiger partial charge in [0.2, 0.25) is 5.69 Å². The zero-order valence-electron chi connectivity index (χ0n) is 19.8. The van der Waals surface area contributed by atoms with E-state index in [0.29, 0.717) is 11.4 Å². The van der Waals surface area contributed by atoms with Gasteiger partial charge < -0.3 is 10.2 Å². The molecule has 178 valence electrons. The topological polar surface area (TPSA) is 92.5 Å². The molecule has 1 aliphatic rings. The number of anilines is 1. The molecule has 0 atom stereocenters. The Hall–Kier alpha value is -3.56. The lowest BCUT2D eigenvalue weighted by Gasteiger charge is -2.34. The summed E-state index contributed by atoms with van der Waals surface area (Å²) in [6, 6.07) is 14.7. The molecule has 1 amide bonds. The van der Waals surface area contributed by atoms with Crippen molar-refractivity contribution in [3.63, 3.8) is 0 Å². The molecule has 1 N–H and O–H groups in total. The van der Waals surface area contributed by atoms with E-state index < -0.39 is 17.2 Å². The smallest absolute Gasteiger partial charge is 0.320 e. The summed E-state index contributed by atoms with van der Waals surface area (Å²) in [7, 11) is 1.34. The SMILES string of the molecule is CCN1CCN(Cc2ccc(NC(=O)c3nn(-c4ccc(C)cc4)c(=O)n(C)c3=O)cc2)CC1. The van der Waals surface area contributed by atoms with Crippen molar-refractivity contribution in [3.05, 3.63) is 86.2 Å². The highest BCUT2D eigenvalue weighted by atomic mass is 16.2. The van der Waals surface area contributed by atoms with Crippen LogP contribution in [0, 0.1) is 6.92 Å². The quantitative estimate of drug-likeness (QED) is 0.599. The molecule has 0 spiro atoms. The molecular weight excluding hydrogens is 432 g/mol. The first kappa shape index (κ1) is 23.6. The van der Waals surface area contributed by atoms with Crippen LogP contribution in [0.1, 0.15) is 28.5 Å². The fourth-order valence-corrected chi connectivity index (χ4v) is 3.98. The van der Waals surface area contributed by atoms with Crippen LogP contribution >= 0.6 is 0 Å². The highest BCUT2D eigenvalue weighted by molar-refractivity contribution is 6.02. The number of carbonyl (C=O) groups is 1. The fourth-order valence-electron chi connectivity index (χ4n) is 3.98. The summed E-state index contributed by atoms with van der Waals surface area (Å²) in [5.41, 5.74) is 1.51. The van der Waals surface area contributed by atoms with Crippen LogP contribution in [0.2, 0.25) is 0 Å². The highest BCUT2D eigenvalue weighted by Gasteiger charge is 2.19. The molecule has 1 aromatic heterocycles. The third-order valence-electron chi connectivity index (χ3n) is 6.20. The Morgan fingerprint density at radius 3 is 2.18 bits per heavy atom. The van der Waals surface area contributed by atoms with Gasteiger partial charge >= 0.3 is 5.69 Å². The minimum Gasteiger partial charge on any atom is -0.320 e. The number of hydrogen-bond acceptors (Lipinski definition) is 6. The van der Waals surface area contributed by atoms with Crippen LogP contribution in [0.15, 0.2) is 58.1 Å². The maximum Gasteiger partial charge on any atom is 0.351 e. The summed E-state index contributed by atoms with van der Waals surface area (Å²) in [6.07, 6.45) is 0. The lowest BCUT2D eigenvalue weighted by atomic mass is 10.1. The Kier molecular flexibility index (Phi) is 7.04. The first-order chi connectivity index (χ1) is 16.4. The number of aromatic nitrogens is 3. The Morgan fingerprint density at radius 1 is 0.941 bits per heavy atom. The summed E-state index contributed by atoms with van der Waals surface area (Å²) in [6.45, 7) is 10.3. The number of aryl methyl sites for hydroxylation is 1. The van der Waals surface area contributed by atoms with Gasteiger partial charge in [-0.3, -0.25) is 19.1 Å². The Morgan fingerprint density at radius 2 is 1.56 bits per heavy atom. The second kappa shape index (κ2) is 10.1. The minimum absolute atomic E-state index is 0.347. The zero-order chi connectivity index (χ0) is 24.2. The standard InChI is InChI=1S/C25H30N6O3/c1-4-29-13-15-30(16-14-29)17-19-7-9-20(10-8-19)26-23(32)22-24(33)28(3)25(34)31(27-22)21-11-5-18(2)6-12-21/h5-12H,4,13-17H2,1-3H3,(H,26,32). The lowest BCUT2D eigenvalue weighted by molar-refractivity contribution is 0.101. The van der Waals surface area contributed by atoms with Crippen molar-refractivity contribution in [2.24, 2.45) is 7.05 Å². The molecule has 2 heterocycles. The highest BCUT2D eigenvalue weighted by Crippen LogP contribution is 2.14. The number of rotatable bonds is 6. The van der Waals surface area contributed by atoms with Gasteiger partial charge in [0.15, 0.2) is 0 Å². The largest absolute Gasteiger partial charge is 0.351 e. The van der Waals surface area contributed by atoms with Crippen molar-refractivity contribution in [2.75, 3.05) is 38.0 Å². The maximum absolute atomic E-state index is 12.9. The Balaban J connectivity index is 1.49. The van der Waals surface area contributed by atoms with Crippen LogP contribution in [0.3, 0.4) is 0 Å². The van der Waals surface area contributed by atoms with Gasteiger partial charge in [-0.15, -0.1) is 0 Å². The number of nitrogens with zero attached hydrogens (tertiary/aromatic N) is 5. The zero-order valence-corrected chi connectivity index (χ0v) is 19.8. The maximum atomic E-state index is 12.9. The second-order valence-corrected chi connectivity index (χ2v) is 8.60. The number of piperazine rings is 1. The number of likely N-dealkylation sites (N-methyl/N-ethyl adjacent to an activating group) is 1. The minimum atomic E-state index is -0.742. The number of amides is 1. The molecule has 0 bridgehead atoms. The molecule has 1 aliphatic heterocycles. The lowest BCUT2D eigenvalue weighted by Crippen LogP contribution is -2.45. The van der Waals surface area contributed by atoms with Crippen LogP contribution < -0.4 is 16.6 Å². The van der Waals surface area contributed by atoms with E-state index in [-0.39, 0.29) is 5.69 Å². The van der Waals surface area contributed by atoms with Crippen molar-refractivity contribution in [3.8, 4) is 5.69 Å². The molecule has 0 saturated carbocycles. The third-order valence-corrected chi connectivity index (χ3v) is 6.20. The molecule has 4 rings (SSSR count). The predicted molar refractivity (Wildman–Crippen MR) is 132 cm³/mol. The van der Waals surface area contributed by atoms with Crippen molar-refractivity contribution >= 4 is 11.6 Å². The van der Waals surface area contributed by atoms with Gasteiger partial charge in [0, 0.05) is 45.5 Å². The van der Waals surface area contributed by atoms with Gasteiger partial charge in [0.1, 0.15) is 0 Å². The van der Waals surface area contributed by atoms with E-state index in [4.69, 9.17) is 0 Å². The van der Waals surface area contributed by atoms with E-state index in [1.165, 1.54) is 7.05 Å². The van der Waals surface area contributed by atoms with Crippen molar-refractivity contribution in [1.82, 2.24) is 24.1 Å². The van der Waals surface area contributed by atoms with Gasteiger partial charge in [0.25, 0.3) is 11.5 Å². The van der Waals surface area contributed by atoms with E-state index in [1.807, 2.05) is 43.3 Å². The summed E-state index contributed by atoms with van der Waals surface area (Å²) in [5.74, 6) is -0.662. The van der Waals surface area contributed by atoms with E-state index in [9.17, 15) is 14.4 Å². The van der Waals surface area contributed by atoms with Gasteiger partial charge in [-0.1, -0.05) is 36.8 Å². The molecule has 0 aliphatic carbocycles. The van der Waals surface area contributed by atoms with Crippen LogP contribution in [-0.4, -0.2) is 62.8 Å². The summed E-state index contributed by atoms with van der Waals surface area (Å²) in [5, 5.41) is 6.81. The molecule has 2 aromatic carbocycles. The number of hydrogen-bond donors (Lipinski definition) is 1. The van der Waals surface area contributed by atoms with Gasteiger partial charge in [0.05, 0.1) is 5.69 Å². The van der Waals surface area contributed by atoms with Crippen LogP contribution in [0.4, 0.5) is 5.69 Å². The van der Waals surface area contributed by atoms with Crippen LogP contribution in [0.25, 0.3) is 5.69 Å². The number of carbonyl (C=O) groups excluding carboxylic acids is 1. The third kappa shape index (κ3) is 5.16. The molecule has 9 heteroatoms. The molecule has 3 aromatic rings. The van der Waals surface area contributed by atoms with E-state index >= 15 is 0 Å². The molecule has 1 fully saturated rings. The predicted octanol–water partition coefficient (Wildman–Crippen LogP) is 1.63. The van der Waals surface area contributed by atoms with Gasteiger partial charge in [-0.05, 0) is 43.3 Å². The van der Waals surface area contributed by atoms with Gasteiger partial charge in [-0.25, -0.2) is 4.79 Å². The monoisotopic (exact) mass is 462 g/mol. The Bertz CT molecular complexity index is 1270. The fraction of sp³-hybridized carbons (Fsp3) is 0.360. The summed E-state index contributed by atoms with van der Waals surface area (Å²) < 4.78 is 1.96. The first-order valence-electron chi connectivity index (χ1n) is 11.5. The van der Waals surface area contributed by atoms with Crippen molar-refractivity contribution in [1.29, 1.82) is 0 Å². The summed E-state index contributed by atoms with van der Waals surface area (Å²) >= 11 is 0. The van der Waals surface area contributed by atoms with Crippen molar-refractivity contribution < 1.29 is 4.79 Å². The van der Waals surface area contributed by atoms with Crippen molar-refractivity contribution in [2.45, 2.75) is 20.4 Å². The first-order valence-corrected chi connectivity index (χ1v) is 11.5. The second-order valence-electron chi connectivity index (χ2n) is 8.60. The average Bonchev–Trinajstić information content (AvgIpc) is 2.85. The number of benzene rings is 2. The van der Waals surface area contributed by atoms with E-state index in [1.54, 1.807) is 12.1 Å². The normalized spacial score (nSPS) is 14.8. The molecular formula is C25H30N6O3. The molecule has 34 heavy (non-hydrogen) atoms. The summed E-state index contributed by atoms with van der Waals surface area (Å²) in [4.78, 5) is 42.9. The van der Waals surface area contributed by atoms with E-state index in [0.717, 1.165) is 59.6 Å².